The molecule has 1 aliphatic heterocycles. The molecule has 1 fully saturated rings. The Hall–Kier alpha value is -3.33. The van der Waals surface area contributed by atoms with Gasteiger partial charge in [-0.25, -0.2) is 4.39 Å². The number of nitro groups is 1. The predicted molar refractivity (Wildman–Crippen MR) is 114 cm³/mol. The fourth-order valence-corrected chi connectivity index (χ4v) is 3.99. The van der Waals surface area contributed by atoms with Crippen molar-refractivity contribution in [3.63, 3.8) is 0 Å². The number of amides is 1. The van der Waals surface area contributed by atoms with Gasteiger partial charge in [-0.15, -0.1) is 0 Å². The van der Waals surface area contributed by atoms with Crippen LogP contribution in [0.15, 0.2) is 48.7 Å². The minimum atomic E-state index is -0.414. The average molecular weight is 425 g/mol. The van der Waals surface area contributed by atoms with Gasteiger partial charge in [0, 0.05) is 43.1 Å². The Balaban J connectivity index is 1.26. The Morgan fingerprint density at radius 2 is 2.00 bits per heavy atom. The number of carbonyl (C=O) groups excluding carboxylic acids is 1. The number of piperidine rings is 1. The Morgan fingerprint density at radius 3 is 2.74 bits per heavy atom. The first-order valence-electron chi connectivity index (χ1n) is 10.3. The third-order valence-electron chi connectivity index (χ3n) is 5.78. The lowest BCUT2D eigenvalue weighted by Crippen LogP contribution is -2.41. The van der Waals surface area contributed by atoms with E-state index >= 15 is 0 Å². The molecule has 9 heteroatoms. The monoisotopic (exact) mass is 425 g/mol. The van der Waals surface area contributed by atoms with Crippen LogP contribution in [0.4, 0.5) is 10.1 Å². The van der Waals surface area contributed by atoms with Gasteiger partial charge >= 0.3 is 0 Å². The van der Waals surface area contributed by atoms with E-state index in [0.29, 0.717) is 25.2 Å². The summed E-state index contributed by atoms with van der Waals surface area (Å²) in [6.45, 7) is 2.52. The van der Waals surface area contributed by atoms with E-state index in [4.69, 9.17) is 0 Å². The molecular formula is C22H24FN5O3. The second-order valence-electron chi connectivity index (χ2n) is 7.81. The van der Waals surface area contributed by atoms with Crippen LogP contribution >= 0.6 is 0 Å². The zero-order valence-electron chi connectivity index (χ0n) is 17.0. The molecule has 0 unspecified atom stereocenters. The van der Waals surface area contributed by atoms with Crippen molar-refractivity contribution in [1.82, 2.24) is 20.0 Å². The molecular weight excluding hydrogens is 401 g/mol. The number of rotatable bonds is 7. The fourth-order valence-electron chi connectivity index (χ4n) is 3.99. The zero-order chi connectivity index (χ0) is 21.8. The summed E-state index contributed by atoms with van der Waals surface area (Å²) in [6, 6.07) is 11.3. The van der Waals surface area contributed by atoms with Gasteiger partial charge in [0.25, 0.3) is 5.69 Å². The highest BCUT2D eigenvalue weighted by Gasteiger charge is 2.25. The number of non-ortho nitro benzene ring substituents is 1. The van der Waals surface area contributed by atoms with Crippen LogP contribution in [0.1, 0.15) is 18.4 Å². The van der Waals surface area contributed by atoms with Crippen LogP contribution in [0.5, 0.6) is 0 Å². The molecule has 2 heterocycles. The molecule has 4 rings (SSSR count). The van der Waals surface area contributed by atoms with Crippen molar-refractivity contribution in [2.24, 2.45) is 5.92 Å². The van der Waals surface area contributed by atoms with Crippen LogP contribution in [-0.4, -0.2) is 45.1 Å². The van der Waals surface area contributed by atoms with Crippen LogP contribution in [0.2, 0.25) is 0 Å². The number of hydrogen-bond acceptors (Lipinski definition) is 5. The number of nitrogens with zero attached hydrogens (tertiary/aromatic N) is 4. The molecule has 0 aliphatic carbocycles. The molecule has 162 valence electrons. The van der Waals surface area contributed by atoms with Gasteiger partial charge < -0.3 is 5.32 Å². The summed E-state index contributed by atoms with van der Waals surface area (Å²) in [5.41, 5.74) is 1.50. The van der Waals surface area contributed by atoms with Crippen LogP contribution in [0, 0.1) is 21.8 Å². The van der Waals surface area contributed by atoms with Crippen LogP contribution in [0.25, 0.3) is 10.9 Å². The lowest BCUT2D eigenvalue weighted by Gasteiger charge is -2.31. The van der Waals surface area contributed by atoms with Gasteiger partial charge in [-0.2, -0.15) is 5.10 Å². The largest absolute Gasteiger partial charge is 0.356 e. The number of likely N-dealkylation sites (tertiary alicyclic amines) is 1. The first-order valence-corrected chi connectivity index (χ1v) is 10.3. The van der Waals surface area contributed by atoms with Crippen molar-refractivity contribution in [2.45, 2.75) is 25.9 Å². The number of hydrogen-bond donors (Lipinski definition) is 1. The highest BCUT2D eigenvalue weighted by atomic mass is 19.1. The first-order chi connectivity index (χ1) is 15.0. The summed E-state index contributed by atoms with van der Waals surface area (Å²) < 4.78 is 15.5. The van der Waals surface area contributed by atoms with E-state index in [9.17, 15) is 19.3 Å². The SMILES string of the molecule is O=C(NCCc1ccccc1F)C1CCN(Cn2ncc3cc([N+](=O)[O-])ccc32)CC1. The van der Waals surface area contributed by atoms with Gasteiger partial charge in [0.2, 0.25) is 5.91 Å². The van der Waals surface area contributed by atoms with Gasteiger partial charge in [0.15, 0.2) is 0 Å². The number of aromatic nitrogens is 2. The van der Waals surface area contributed by atoms with Crippen molar-refractivity contribution in [3.8, 4) is 0 Å². The summed E-state index contributed by atoms with van der Waals surface area (Å²) in [6.07, 6.45) is 3.60. The van der Waals surface area contributed by atoms with E-state index in [2.05, 4.69) is 15.3 Å². The van der Waals surface area contributed by atoms with Crippen molar-refractivity contribution in [3.05, 3.63) is 70.2 Å². The summed E-state index contributed by atoms with van der Waals surface area (Å²) in [7, 11) is 0. The summed E-state index contributed by atoms with van der Waals surface area (Å²) >= 11 is 0. The number of nitro benzene ring substituents is 1. The number of carbonyl (C=O) groups is 1. The third kappa shape index (κ3) is 4.88. The fraction of sp³-hybridized carbons (Fsp3) is 0.364. The number of halogens is 1. The van der Waals surface area contributed by atoms with Gasteiger partial charge in [-0.05, 0) is 37.0 Å². The maximum absolute atomic E-state index is 13.7. The van der Waals surface area contributed by atoms with Gasteiger partial charge in [-0.1, -0.05) is 18.2 Å². The zero-order valence-corrected chi connectivity index (χ0v) is 17.0. The summed E-state index contributed by atoms with van der Waals surface area (Å²) in [5, 5.41) is 19.0. The second kappa shape index (κ2) is 9.22. The van der Waals surface area contributed by atoms with Crippen molar-refractivity contribution >= 4 is 22.5 Å². The second-order valence-corrected chi connectivity index (χ2v) is 7.81. The Bertz CT molecular complexity index is 1090. The normalized spacial score (nSPS) is 15.3. The van der Waals surface area contributed by atoms with Crippen molar-refractivity contribution in [2.75, 3.05) is 19.6 Å². The van der Waals surface area contributed by atoms with E-state index in [-0.39, 0.29) is 23.3 Å². The minimum Gasteiger partial charge on any atom is -0.356 e. The number of fused-ring (bicyclic) bond motifs is 1. The molecule has 1 aliphatic rings. The highest BCUT2D eigenvalue weighted by molar-refractivity contribution is 5.81. The van der Waals surface area contributed by atoms with Gasteiger partial charge in [0.05, 0.1) is 23.3 Å². The average Bonchev–Trinajstić information content (AvgIpc) is 3.17. The third-order valence-corrected chi connectivity index (χ3v) is 5.78. The Morgan fingerprint density at radius 1 is 1.23 bits per heavy atom. The van der Waals surface area contributed by atoms with E-state index in [0.717, 1.165) is 36.8 Å². The predicted octanol–water partition coefficient (Wildman–Crippen LogP) is 3.11. The molecule has 31 heavy (non-hydrogen) atoms. The van der Waals surface area contributed by atoms with Crippen molar-refractivity contribution < 1.29 is 14.1 Å². The molecule has 0 spiro atoms. The molecule has 0 radical (unpaired) electrons. The van der Waals surface area contributed by atoms with E-state index < -0.39 is 4.92 Å². The van der Waals surface area contributed by atoms with Gasteiger partial charge in [0.1, 0.15) is 5.82 Å². The molecule has 0 saturated carbocycles. The molecule has 0 bridgehead atoms. The van der Waals surface area contributed by atoms with E-state index in [1.54, 1.807) is 30.5 Å². The molecule has 3 aromatic rings. The molecule has 1 saturated heterocycles. The molecule has 1 aromatic heterocycles. The topological polar surface area (TPSA) is 93.3 Å². The summed E-state index contributed by atoms with van der Waals surface area (Å²) in [4.78, 5) is 25.2. The molecule has 1 N–H and O–H groups in total. The van der Waals surface area contributed by atoms with Crippen LogP contribution < -0.4 is 5.32 Å². The number of nitrogens with one attached hydrogen (secondary N) is 1. The first kappa shape index (κ1) is 20.9. The van der Waals surface area contributed by atoms with Crippen LogP contribution in [-0.2, 0) is 17.9 Å². The van der Waals surface area contributed by atoms with Crippen molar-refractivity contribution in [1.29, 1.82) is 0 Å². The molecule has 8 nitrogen and oxygen atoms in total. The standard InChI is InChI=1S/C22H24FN5O3/c23-20-4-2-1-3-16(20)7-10-24-22(29)17-8-11-26(12-9-17)15-27-21-6-5-19(28(30)31)13-18(21)14-25-27/h1-6,13-14,17H,7-12,15H2,(H,24,29). The smallest absolute Gasteiger partial charge is 0.270 e. The lowest BCUT2D eigenvalue weighted by molar-refractivity contribution is -0.384. The molecule has 1 amide bonds. The minimum absolute atomic E-state index is 0.0211. The lowest BCUT2D eigenvalue weighted by atomic mass is 9.96. The van der Waals surface area contributed by atoms with E-state index in [1.807, 2.05) is 4.68 Å². The van der Waals surface area contributed by atoms with Gasteiger partial charge in [-0.3, -0.25) is 24.5 Å². The number of benzene rings is 2. The maximum atomic E-state index is 13.7. The summed E-state index contributed by atoms with van der Waals surface area (Å²) in [5.74, 6) is -0.271. The maximum Gasteiger partial charge on any atom is 0.270 e. The quantitative estimate of drug-likeness (QED) is 0.464. The highest BCUT2D eigenvalue weighted by Crippen LogP contribution is 2.22. The Labute approximate surface area is 178 Å². The van der Waals surface area contributed by atoms with Crippen LogP contribution in [0.3, 0.4) is 0 Å². The molecule has 2 aromatic carbocycles. The van der Waals surface area contributed by atoms with E-state index in [1.165, 1.54) is 18.2 Å². The molecule has 0 atom stereocenters. The Kier molecular flexibility index (Phi) is 6.22.